The van der Waals surface area contributed by atoms with E-state index in [9.17, 15) is 4.79 Å². The normalized spacial score (nSPS) is 13.1. The first-order valence-electron chi connectivity index (χ1n) is 5.31. The maximum Gasteiger partial charge on any atom is 0.307 e. The van der Waals surface area contributed by atoms with Gasteiger partial charge < -0.3 is 5.11 Å². The summed E-state index contributed by atoms with van der Waals surface area (Å²) in [5.74, 6) is -1.10. The summed E-state index contributed by atoms with van der Waals surface area (Å²) in [5.41, 5.74) is 2.08. The number of nitrogens with zero attached hydrogens (tertiary/aromatic N) is 3. The monoisotopic (exact) mass is 225 g/mol. The number of hydrogen-bond donors (Lipinski definition) is 1. The topological polar surface area (TPSA) is 58.4 Å². The molecule has 0 spiro atoms. The van der Waals surface area contributed by atoms with Gasteiger partial charge in [0, 0.05) is 20.1 Å². The van der Waals surface area contributed by atoms with Gasteiger partial charge in [0.2, 0.25) is 0 Å². The molecular formula is C11H19N3O2. The minimum absolute atomic E-state index is 0.348. The zero-order chi connectivity index (χ0) is 12.3. The second-order valence-electron chi connectivity index (χ2n) is 4.34. The molecule has 1 aromatic rings. The van der Waals surface area contributed by atoms with E-state index in [-0.39, 0.29) is 5.92 Å². The molecule has 0 fully saturated rings. The van der Waals surface area contributed by atoms with Gasteiger partial charge in [-0.25, -0.2) is 0 Å². The van der Waals surface area contributed by atoms with E-state index in [1.54, 1.807) is 6.92 Å². The second-order valence-corrected chi connectivity index (χ2v) is 4.34. The highest BCUT2D eigenvalue weighted by molar-refractivity contribution is 5.69. The van der Waals surface area contributed by atoms with Crippen LogP contribution in [0.25, 0.3) is 0 Å². The Kier molecular flexibility index (Phi) is 4.06. The molecule has 1 N–H and O–H groups in total. The summed E-state index contributed by atoms with van der Waals surface area (Å²) in [6.45, 7) is 4.92. The first-order chi connectivity index (χ1) is 7.40. The van der Waals surface area contributed by atoms with E-state index in [4.69, 9.17) is 5.11 Å². The Morgan fingerprint density at radius 1 is 1.69 bits per heavy atom. The molecular weight excluding hydrogens is 206 g/mol. The molecule has 5 heteroatoms. The Hall–Kier alpha value is -1.36. The van der Waals surface area contributed by atoms with Crippen molar-refractivity contribution >= 4 is 5.97 Å². The molecule has 1 aromatic heterocycles. The predicted molar refractivity (Wildman–Crippen MR) is 61.1 cm³/mol. The van der Waals surface area contributed by atoms with E-state index in [0.29, 0.717) is 6.54 Å². The SMILES string of the molecule is Cc1cc(CN(C)CC(C)C(=O)O)n(C)n1. The van der Waals surface area contributed by atoms with Crippen LogP contribution in [0.4, 0.5) is 0 Å². The molecule has 1 rings (SSSR count). The summed E-state index contributed by atoms with van der Waals surface area (Å²) in [6.07, 6.45) is 0. The average molecular weight is 225 g/mol. The lowest BCUT2D eigenvalue weighted by Gasteiger charge is -2.18. The highest BCUT2D eigenvalue weighted by Gasteiger charge is 2.14. The lowest BCUT2D eigenvalue weighted by molar-refractivity contribution is -0.141. The van der Waals surface area contributed by atoms with Crippen molar-refractivity contribution < 1.29 is 9.90 Å². The van der Waals surface area contributed by atoms with Crippen molar-refractivity contribution in [1.82, 2.24) is 14.7 Å². The van der Waals surface area contributed by atoms with Crippen LogP contribution < -0.4 is 0 Å². The molecule has 0 bridgehead atoms. The molecule has 0 aliphatic heterocycles. The third-order valence-electron chi connectivity index (χ3n) is 2.54. The number of carboxylic acid groups (broad SMARTS) is 1. The van der Waals surface area contributed by atoms with Crippen LogP contribution in [-0.4, -0.2) is 39.3 Å². The molecule has 90 valence electrons. The van der Waals surface area contributed by atoms with E-state index in [2.05, 4.69) is 5.10 Å². The van der Waals surface area contributed by atoms with E-state index in [0.717, 1.165) is 17.9 Å². The zero-order valence-electron chi connectivity index (χ0n) is 10.3. The summed E-state index contributed by atoms with van der Waals surface area (Å²) in [4.78, 5) is 12.7. The van der Waals surface area contributed by atoms with Gasteiger partial charge >= 0.3 is 5.97 Å². The largest absolute Gasteiger partial charge is 0.481 e. The quantitative estimate of drug-likeness (QED) is 0.808. The molecule has 16 heavy (non-hydrogen) atoms. The standard InChI is InChI=1S/C11H19N3O2/c1-8(11(15)16)6-13(3)7-10-5-9(2)12-14(10)4/h5,8H,6-7H2,1-4H3,(H,15,16). The van der Waals surface area contributed by atoms with Crippen LogP contribution >= 0.6 is 0 Å². The van der Waals surface area contributed by atoms with Crippen LogP contribution in [0.1, 0.15) is 18.3 Å². The smallest absolute Gasteiger partial charge is 0.307 e. The first-order valence-corrected chi connectivity index (χ1v) is 5.31. The van der Waals surface area contributed by atoms with Gasteiger partial charge in [0.1, 0.15) is 0 Å². The minimum Gasteiger partial charge on any atom is -0.481 e. The molecule has 0 aliphatic carbocycles. The molecule has 0 saturated carbocycles. The van der Waals surface area contributed by atoms with Crippen LogP contribution in [0.3, 0.4) is 0 Å². The number of aliphatic carboxylic acids is 1. The van der Waals surface area contributed by atoms with E-state index < -0.39 is 5.97 Å². The number of carbonyl (C=O) groups is 1. The van der Waals surface area contributed by atoms with Crippen LogP contribution in [0.5, 0.6) is 0 Å². The fourth-order valence-electron chi connectivity index (χ4n) is 1.70. The lowest BCUT2D eigenvalue weighted by atomic mass is 10.2. The van der Waals surface area contributed by atoms with Gasteiger partial charge in [-0.2, -0.15) is 5.10 Å². The van der Waals surface area contributed by atoms with Gasteiger partial charge in [0.25, 0.3) is 0 Å². The number of aromatic nitrogens is 2. The number of carboxylic acids is 1. The van der Waals surface area contributed by atoms with E-state index >= 15 is 0 Å². The Morgan fingerprint density at radius 3 is 2.75 bits per heavy atom. The van der Waals surface area contributed by atoms with Crippen LogP contribution in [0.2, 0.25) is 0 Å². The van der Waals surface area contributed by atoms with E-state index in [1.165, 1.54) is 0 Å². The van der Waals surface area contributed by atoms with Gasteiger partial charge in [-0.15, -0.1) is 0 Å². The molecule has 1 heterocycles. The summed E-state index contributed by atoms with van der Waals surface area (Å²) < 4.78 is 1.83. The van der Waals surface area contributed by atoms with Gasteiger partial charge in [0.15, 0.2) is 0 Å². The van der Waals surface area contributed by atoms with Gasteiger partial charge in [0.05, 0.1) is 17.3 Å². The van der Waals surface area contributed by atoms with Crippen molar-refractivity contribution in [3.63, 3.8) is 0 Å². The van der Waals surface area contributed by atoms with Gasteiger partial charge in [-0.05, 0) is 20.0 Å². The maximum absolute atomic E-state index is 10.7. The van der Waals surface area contributed by atoms with Crippen LogP contribution in [0, 0.1) is 12.8 Å². The number of hydrogen-bond acceptors (Lipinski definition) is 3. The molecule has 0 radical (unpaired) electrons. The average Bonchev–Trinajstić information content (AvgIpc) is 2.44. The molecule has 0 aliphatic rings. The Labute approximate surface area is 95.7 Å². The molecule has 1 atom stereocenters. The van der Waals surface area contributed by atoms with Crippen molar-refractivity contribution in [2.75, 3.05) is 13.6 Å². The zero-order valence-corrected chi connectivity index (χ0v) is 10.3. The predicted octanol–water partition coefficient (Wildman–Crippen LogP) is 0.881. The van der Waals surface area contributed by atoms with Crippen LogP contribution in [-0.2, 0) is 18.4 Å². The summed E-state index contributed by atoms with van der Waals surface area (Å²) >= 11 is 0. The third kappa shape index (κ3) is 3.34. The van der Waals surface area contributed by atoms with Crippen molar-refractivity contribution in [1.29, 1.82) is 0 Å². The fraction of sp³-hybridized carbons (Fsp3) is 0.636. The van der Waals surface area contributed by atoms with Gasteiger partial charge in [-0.3, -0.25) is 14.4 Å². The molecule has 0 saturated heterocycles. The highest BCUT2D eigenvalue weighted by atomic mass is 16.4. The second kappa shape index (κ2) is 5.12. The Bertz CT molecular complexity index is 373. The molecule has 0 aromatic carbocycles. The van der Waals surface area contributed by atoms with Crippen LogP contribution in [0.15, 0.2) is 6.07 Å². The van der Waals surface area contributed by atoms with Crippen molar-refractivity contribution in [3.05, 3.63) is 17.5 Å². The summed E-state index contributed by atoms with van der Waals surface area (Å²) in [5, 5.41) is 13.1. The summed E-state index contributed by atoms with van der Waals surface area (Å²) in [7, 11) is 3.82. The fourth-order valence-corrected chi connectivity index (χ4v) is 1.70. The number of rotatable bonds is 5. The molecule has 0 amide bonds. The first kappa shape index (κ1) is 12.7. The lowest BCUT2D eigenvalue weighted by Crippen LogP contribution is -2.28. The van der Waals surface area contributed by atoms with Gasteiger partial charge in [-0.1, -0.05) is 6.92 Å². The molecule has 1 unspecified atom stereocenters. The van der Waals surface area contributed by atoms with Crippen molar-refractivity contribution in [3.8, 4) is 0 Å². The summed E-state index contributed by atoms with van der Waals surface area (Å²) in [6, 6.07) is 2.02. The molecule has 5 nitrogen and oxygen atoms in total. The maximum atomic E-state index is 10.7. The van der Waals surface area contributed by atoms with E-state index in [1.807, 2.05) is 36.7 Å². The van der Waals surface area contributed by atoms with Crippen molar-refractivity contribution in [2.45, 2.75) is 20.4 Å². The van der Waals surface area contributed by atoms with Crippen molar-refractivity contribution in [2.24, 2.45) is 13.0 Å². The Balaban J connectivity index is 2.54. The third-order valence-corrected chi connectivity index (χ3v) is 2.54. The minimum atomic E-state index is -0.756. The highest BCUT2D eigenvalue weighted by Crippen LogP contribution is 2.07. The Morgan fingerprint density at radius 2 is 2.31 bits per heavy atom. The number of aryl methyl sites for hydroxylation is 2.